The number of pyridine rings is 2. The number of aromatic nitrogens is 4. The highest BCUT2D eigenvalue weighted by Gasteiger charge is 2.39. The smallest absolute Gasteiger partial charge is 0.179 e. The Labute approximate surface area is 204 Å². The summed E-state index contributed by atoms with van der Waals surface area (Å²) in [4.78, 5) is 23.8. The van der Waals surface area contributed by atoms with Gasteiger partial charge in [-0.2, -0.15) is 0 Å². The van der Waals surface area contributed by atoms with Gasteiger partial charge in [-0.1, -0.05) is 36.4 Å². The summed E-state index contributed by atoms with van der Waals surface area (Å²) in [6.45, 7) is 4.32. The zero-order chi connectivity index (χ0) is 23.8. The number of anilines is 4. The predicted molar refractivity (Wildman–Crippen MR) is 140 cm³/mol. The molecule has 1 aliphatic heterocycles. The van der Waals surface area contributed by atoms with E-state index < -0.39 is 0 Å². The molecule has 0 amide bonds. The van der Waals surface area contributed by atoms with E-state index in [4.69, 9.17) is 9.97 Å². The molecular formula is C29H24N6. The van der Waals surface area contributed by atoms with Crippen molar-refractivity contribution in [3.63, 3.8) is 0 Å². The minimum absolute atomic E-state index is 0.0283. The maximum absolute atomic E-state index is 5.28. The number of para-hydroxylation sites is 2. The van der Waals surface area contributed by atoms with Gasteiger partial charge in [-0.15, -0.1) is 0 Å². The van der Waals surface area contributed by atoms with Crippen LogP contribution in [0.4, 0.5) is 23.0 Å². The summed E-state index contributed by atoms with van der Waals surface area (Å²) < 4.78 is 0. The van der Waals surface area contributed by atoms with Gasteiger partial charge in [-0.25, -0.2) is 9.97 Å². The third kappa shape index (κ3) is 3.60. The maximum Gasteiger partial charge on any atom is 0.179 e. The molecule has 35 heavy (non-hydrogen) atoms. The van der Waals surface area contributed by atoms with Crippen LogP contribution in [0.25, 0.3) is 22.5 Å². The Kier molecular flexibility index (Phi) is 5.19. The van der Waals surface area contributed by atoms with Crippen LogP contribution in [0.5, 0.6) is 0 Å². The number of hydrogen-bond donors (Lipinski definition) is 0. The molecule has 6 rings (SSSR count). The molecule has 1 aliphatic rings. The second kappa shape index (κ2) is 8.65. The predicted octanol–water partition coefficient (Wildman–Crippen LogP) is 6.54. The lowest BCUT2D eigenvalue weighted by atomic mass is 10.1. The van der Waals surface area contributed by atoms with Gasteiger partial charge >= 0.3 is 0 Å². The maximum atomic E-state index is 5.28. The second-order valence-electron chi connectivity index (χ2n) is 8.55. The molecule has 6 heteroatoms. The first kappa shape index (κ1) is 21.0. The first-order valence-electron chi connectivity index (χ1n) is 11.6. The van der Waals surface area contributed by atoms with E-state index in [1.807, 2.05) is 42.7 Å². The van der Waals surface area contributed by atoms with Crippen molar-refractivity contribution in [2.24, 2.45) is 0 Å². The van der Waals surface area contributed by atoms with Gasteiger partial charge in [-0.05, 0) is 61.9 Å². The normalized spacial score (nSPS) is 14.7. The molecule has 0 aliphatic carbocycles. The van der Waals surface area contributed by atoms with Crippen molar-refractivity contribution in [1.82, 2.24) is 19.9 Å². The summed E-state index contributed by atoms with van der Waals surface area (Å²) in [5.41, 5.74) is 6.75. The van der Waals surface area contributed by atoms with E-state index in [0.29, 0.717) is 0 Å². The first-order valence-corrected chi connectivity index (χ1v) is 11.6. The Hall–Kier alpha value is -4.58. The number of fused-ring (bicyclic) bond motifs is 1. The van der Waals surface area contributed by atoms with Gasteiger partial charge in [0.05, 0.1) is 0 Å². The monoisotopic (exact) mass is 456 g/mol. The standard InChI is InChI=1S/C29H24N6/c1-20-10-6-7-15-25(20)35-21(2)34(24-13-4-3-5-14-24)28-29(35)33-27(23-12-9-17-31-19-23)26(32-28)22-11-8-16-30-18-22/h3-19,21H,1-2H3. The van der Waals surface area contributed by atoms with Crippen molar-refractivity contribution in [3.8, 4) is 22.5 Å². The van der Waals surface area contributed by atoms with Crippen LogP contribution in [0.15, 0.2) is 104 Å². The minimum Gasteiger partial charge on any atom is -0.302 e. The van der Waals surface area contributed by atoms with Crippen LogP contribution in [-0.4, -0.2) is 26.1 Å². The Bertz CT molecular complexity index is 1470. The number of nitrogens with zero attached hydrogens (tertiary/aromatic N) is 6. The van der Waals surface area contributed by atoms with Gasteiger partial charge in [0.2, 0.25) is 0 Å². The summed E-state index contributed by atoms with van der Waals surface area (Å²) in [6, 6.07) is 26.7. The van der Waals surface area contributed by atoms with E-state index in [2.05, 4.69) is 82.1 Å². The van der Waals surface area contributed by atoms with Crippen molar-refractivity contribution in [2.75, 3.05) is 9.80 Å². The summed E-state index contributed by atoms with van der Waals surface area (Å²) in [6.07, 6.45) is 7.18. The summed E-state index contributed by atoms with van der Waals surface area (Å²) in [5.74, 6) is 1.64. The van der Waals surface area contributed by atoms with Gasteiger partial charge in [0, 0.05) is 47.3 Å². The minimum atomic E-state index is -0.0283. The number of benzene rings is 2. The quantitative estimate of drug-likeness (QED) is 0.306. The number of hydrogen-bond acceptors (Lipinski definition) is 6. The molecule has 3 aromatic heterocycles. The van der Waals surface area contributed by atoms with Crippen molar-refractivity contribution in [2.45, 2.75) is 20.0 Å². The van der Waals surface area contributed by atoms with Crippen LogP contribution in [0.2, 0.25) is 0 Å². The van der Waals surface area contributed by atoms with E-state index in [9.17, 15) is 0 Å². The molecule has 0 saturated carbocycles. The van der Waals surface area contributed by atoms with Crippen LogP contribution < -0.4 is 9.80 Å². The third-order valence-corrected chi connectivity index (χ3v) is 6.34. The van der Waals surface area contributed by atoms with Gasteiger partial charge in [0.15, 0.2) is 11.6 Å². The Morgan fingerprint density at radius 3 is 1.77 bits per heavy atom. The SMILES string of the molecule is Cc1ccccc1N1c2nc(-c3cccnc3)c(-c3cccnc3)nc2N(c2ccccc2)C1C. The highest BCUT2D eigenvalue weighted by molar-refractivity contribution is 5.89. The fourth-order valence-electron chi connectivity index (χ4n) is 4.69. The molecule has 2 aromatic carbocycles. The summed E-state index contributed by atoms with van der Waals surface area (Å²) >= 11 is 0. The summed E-state index contributed by atoms with van der Waals surface area (Å²) in [5, 5.41) is 0. The second-order valence-corrected chi connectivity index (χ2v) is 8.55. The zero-order valence-corrected chi connectivity index (χ0v) is 19.6. The van der Waals surface area contributed by atoms with Crippen LogP contribution in [0.3, 0.4) is 0 Å². The van der Waals surface area contributed by atoms with Gasteiger partial charge in [0.1, 0.15) is 17.6 Å². The van der Waals surface area contributed by atoms with Gasteiger partial charge in [0.25, 0.3) is 0 Å². The van der Waals surface area contributed by atoms with E-state index in [1.165, 1.54) is 5.56 Å². The van der Waals surface area contributed by atoms with Crippen LogP contribution in [-0.2, 0) is 0 Å². The number of aryl methyl sites for hydroxylation is 1. The average Bonchev–Trinajstić information content (AvgIpc) is 3.20. The van der Waals surface area contributed by atoms with E-state index in [-0.39, 0.29) is 6.17 Å². The van der Waals surface area contributed by atoms with Crippen molar-refractivity contribution in [1.29, 1.82) is 0 Å². The fourth-order valence-corrected chi connectivity index (χ4v) is 4.69. The Balaban J connectivity index is 1.65. The average molecular weight is 457 g/mol. The lowest BCUT2D eigenvalue weighted by Crippen LogP contribution is -2.35. The first-order chi connectivity index (χ1) is 17.2. The molecule has 0 fully saturated rings. The molecule has 0 spiro atoms. The molecule has 0 bridgehead atoms. The summed E-state index contributed by atoms with van der Waals surface area (Å²) in [7, 11) is 0. The number of rotatable bonds is 4. The van der Waals surface area contributed by atoms with Crippen LogP contribution in [0, 0.1) is 6.92 Å². The molecule has 5 aromatic rings. The Morgan fingerprint density at radius 2 is 1.20 bits per heavy atom. The van der Waals surface area contributed by atoms with Crippen LogP contribution in [0.1, 0.15) is 12.5 Å². The molecule has 6 nitrogen and oxygen atoms in total. The molecule has 1 unspecified atom stereocenters. The molecule has 170 valence electrons. The van der Waals surface area contributed by atoms with Crippen LogP contribution >= 0.6 is 0 Å². The molecule has 0 saturated heterocycles. The zero-order valence-electron chi connectivity index (χ0n) is 19.6. The molecular weight excluding hydrogens is 432 g/mol. The van der Waals surface area contributed by atoms with Crippen molar-refractivity contribution < 1.29 is 0 Å². The lowest BCUT2D eigenvalue weighted by Gasteiger charge is -2.30. The van der Waals surface area contributed by atoms with Gasteiger partial charge < -0.3 is 9.80 Å². The fraction of sp³-hybridized carbons (Fsp3) is 0.103. The Morgan fingerprint density at radius 1 is 0.629 bits per heavy atom. The topological polar surface area (TPSA) is 58.0 Å². The van der Waals surface area contributed by atoms with E-state index in [1.54, 1.807) is 12.4 Å². The molecule has 0 radical (unpaired) electrons. The largest absolute Gasteiger partial charge is 0.302 e. The van der Waals surface area contributed by atoms with Crippen molar-refractivity contribution in [3.05, 3.63) is 109 Å². The van der Waals surface area contributed by atoms with Gasteiger partial charge in [-0.3, -0.25) is 9.97 Å². The van der Waals surface area contributed by atoms with E-state index >= 15 is 0 Å². The molecule has 1 atom stereocenters. The lowest BCUT2D eigenvalue weighted by molar-refractivity contribution is 0.752. The molecule has 0 N–H and O–H groups in total. The highest BCUT2D eigenvalue weighted by Crippen LogP contribution is 2.48. The highest BCUT2D eigenvalue weighted by atomic mass is 15.5. The van der Waals surface area contributed by atoms with E-state index in [0.717, 1.165) is 45.5 Å². The van der Waals surface area contributed by atoms with Crippen molar-refractivity contribution >= 4 is 23.0 Å². The molecule has 4 heterocycles. The third-order valence-electron chi connectivity index (χ3n) is 6.34.